The smallest absolute Gasteiger partial charge is 0.343 e. The predicted molar refractivity (Wildman–Crippen MR) is 538 cm³/mol. The van der Waals surface area contributed by atoms with Gasteiger partial charge in [-0.3, -0.25) is 0 Å². The van der Waals surface area contributed by atoms with Crippen molar-refractivity contribution in [1.29, 1.82) is 0 Å². The number of rotatable bonds is 60. The van der Waals surface area contributed by atoms with Crippen LogP contribution in [0.1, 0.15) is 219 Å². The van der Waals surface area contributed by atoms with Gasteiger partial charge >= 0.3 is 71.6 Å². The van der Waals surface area contributed by atoms with Crippen LogP contribution in [0.2, 0.25) is 0 Å². The van der Waals surface area contributed by atoms with Crippen LogP contribution in [0.4, 0.5) is 0 Å². The van der Waals surface area contributed by atoms with Crippen LogP contribution in [-0.4, -0.2) is 148 Å². The first kappa shape index (κ1) is 110. The Morgan fingerprint density at radius 3 is 0.646 bits per heavy atom. The highest BCUT2D eigenvalue weighted by Crippen LogP contribution is 2.59. The van der Waals surface area contributed by atoms with Crippen molar-refractivity contribution in [3.8, 4) is 69.0 Å². The van der Waals surface area contributed by atoms with Crippen molar-refractivity contribution in [1.82, 2.24) is 0 Å². The fraction of sp³-hybridized carbons (Fsp3) is 0.316. The van der Waals surface area contributed by atoms with Crippen molar-refractivity contribution >= 4 is 104 Å². The van der Waals surface area contributed by atoms with E-state index in [9.17, 15) is 28.8 Å². The third-order valence-corrected chi connectivity index (χ3v) is 23.0. The molecule has 30 heteroatoms. The molecule has 30 nitrogen and oxygen atoms in total. The van der Waals surface area contributed by atoms with E-state index in [0.29, 0.717) is 133 Å². The third kappa shape index (κ3) is 32.5. The van der Waals surface area contributed by atoms with Crippen LogP contribution in [0.15, 0.2) is 258 Å². The van der Waals surface area contributed by atoms with Gasteiger partial charge in [0.2, 0.25) is 11.5 Å². The summed E-state index contributed by atoms with van der Waals surface area (Å²) in [7, 11) is 0. The van der Waals surface area contributed by atoms with Crippen LogP contribution >= 0.6 is 0 Å². The average Bonchev–Trinajstić information content (AvgIpc) is 0.700. The van der Waals surface area contributed by atoms with Crippen molar-refractivity contribution in [2.45, 2.75) is 194 Å². The lowest BCUT2D eigenvalue weighted by Gasteiger charge is -2.24. The summed E-state index contributed by atoms with van der Waals surface area (Å²) in [5, 5.41) is -0.456. The van der Waals surface area contributed by atoms with Crippen LogP contribution in [0.3, 0.4) is 0 Å². The molecule has 0 aliphatic heterocycles. The van der Waals surface area contributed by atoms with Gasteiger partial charge in [-0.25, -0.2) is 57.5 Å². The third-order valence-electron chi connectivity index (χ3n) is 23.0. The van der Waals surface area contributed by atoms with Crippen LogP contribution in [0, 0.1) is 0 Å². The summed E-state index contributed by atoms with van der Waals surface area (Å²) in [4.78, 5) is 168. The number of fused-ring (bicyclic) bond motifs is 6. The standard InChI is InChI=1S/C114H120O30/c1-13-79(133-95(115)19-7)33-27-67-127-85-53-41-73(42-54-85)109(121)139-94-66-65-93-91-39-25-26-40-92(91)102-103(101(93)104(94)140-110(122)74-43-55-86(56-44-74)128-68-28-34-80(14-2)134-96(116)20-8)106(142-112(124)76-47-59-88(60-48-76)130-70-30-36-82(16-4)136-98(118)22-10)108(144-114(126)78-51-63-90(64-52-78)132-72-32-38-84(18-6)138-100(120)24-12)107(143-113(125)77-49-61-89(62-50-77)131-71-31-37-83(17-5)137-99(119)23-11)105(102)141-111(123)75-45-57-87(58-46-75)129-69-29-35-81(15-3)135-97(117)21-9/h19-26,39-66,79-84H,7-18,27-38,67-72H2,1-6H3. The monoisotopic (exact) mass is 1970 g/mol. The maximum absolute atomic E-state index is 16.1. The first-order chi connectivity index (χ1) is 69.8. The van der Waals surface area contributed by atoms with Crippen LogP contribution in [-0.2, 0) is 57.2 Å². The van der Waals surface area contributed by atoms with Gasteiger partial charge in [0.1, 0.15) is 71.1 Å². The number of carbonyl (C=O) groups excluding carboxylic acids is 12. The van der Waals surface area contributed by atoms with E-state index in [4.69, 9.17) is 85.3 Å². The van der Waals surface area contributed by atoms with Gasteiger partial charge in [0.15, 0.2) is 23.0 Å². The maximum Gasteiger partial charge on any atom is 0.343 e. The average molecular weight is 1970 g/mol. The largest absolute Gasteiger partial charge is 0.494 e. The van der Waals surface area contributed by atoms with Gasteiger partial charge in [-0.2, -0.15) is 0 Å². The maximum atomic E-state index is 16.1. The minimum Gasteiger partial charge on any atom is -0.494 e. The molecule has 6 unspecified atom stereocenters. The Morgan fingerprint density at radius 1 is 0.222 bits per heavy atom. The molecule has 756 valence electrons. The zero-order chi connectivity index (χ0) is 103. The van der Waals surface area contributed by atoms with E-state index in [1.54, 1.807) is 24.3 Å². The lowest BCUT2D eigenvalue weighted by Crippen LogP contribution is -2.18. The molecule has 10 aromatic rings. The Morgan fingerprint density at radius 2 is 0.417 bits per heavy atom. The molecule has 0 aliphatic carbocycles. The summed E-state index contributed by atoms with van der Waals surface area (Å²) in [5.74, 6) is -13.0. The molecule has 10 rings (SSSR count). The van der Waals surface area contributed by atoms with Gasteiger partial charge in [0, 0.05) is 52.6 Å². The van der Waals surface area contributed by atoms with Gasteiger partial charge in [-0.15, -0.1) is 0 Å². The van der Waals surface area contributed by atoms with E-state index < -0.39 is 148 Å². The fourth-order valence-corrected chi connectivity index (χ4v) is 15.1. The molecule has 0 N–H and O–H groups in total. The SMILES string of the molecule is C=CC(=O)OC(CC)CCCOc1ccc(C(=O)Oc2ccc3c4ccccc4c4c(OC(=O)c5ccc(OCCCC(CC)OC(=O)C=C)cc5)c(OC(=O)c5ccc(OCCCC(CC)OC(=O)C=C)cc5)c(OC(=O)c5ccc(OCCCC(CC)OC(=O)C=C)cc5)c(OC(=O)c5ccc(OCCCC(CC)OC(=O)C=C)cc5)c4c3c2OC(=O)c2ccc(OCCCC(CC)OC(=O)C=C)cc2)cc1. The zero-order valence-electron chi connectivity index (χ0n) is 81.7. The van der Waals surface area contributed by atoms with Gasteiger partial charge < -0.3 is 85.3 Å². The summed E-state index contributed by atoms with van der Waals surface area (Å²) < 4.78 is 110. The highest BCUT2D eigenvalue weighted by Gasteiger charge is 2.37. The Kier molecular flexibility index (Phi) is 43.4. The normalized spacial score (nSPS) is 12.1. The molecule has 0 aromatic heterocycles. The summed E-state index contributed by atoms with van der Waals surface area (Å²) in [5.41, 5.74) is -0.931. The molecular formula is C114H120O30. The van der Waals surface area contributed by atoms with E-state index >= 15 is 28.8 Å². The molecule has 0 fully saturated rings. The summed E-state index contributed by atoms with van der Waals surface area (Å²) in [6.07, 6.45) is 12.5. The summed E-state index contributed by atoms with van der Waals surface area (Å²) in [6, 6.07) is 44.0. The second-order valence-corrected chi connectivity index (χ2v) is 32.9. The highest BCUT2D eigenvalue weighted by atomic mass is 16.6. The topological polar surface area (TPSA) is 371 Å². The highest BCUT2D eigenvalue weighted by molar-refractivity contribution is 6.32. The number of hydrogen-bond acceptors (Lipinski definition) is 30. The molecule has 0 bridgehead atoms. The molecule has 0 spiro atoms. The Hall–Kier alpha value is -16.1. The van der Waals surface area contributed by atoms with Gasteiger partial charge in [-0.05, 0) is 289 Å². The van der Waals surface area contributed by atoms with Crippen molar-refractivity contribution in [2.75, 3.05) is 39.6 Å². The minimum atomic E-state index is -1.25. The second-order valence-electron chi connectivity index (χ2n) is 32.9. The van der Waals surface area contributed by atoms with Crippen molar-refractivity contribution in [3.05, 3.63) is 291 Å². The van der Waals surface area contributed by atoms with Gasteiger partial charge in [0.25, 0.3) is 0 Å². The minimum absolute atomic E-state index is 0.0588. The van der Waals surface area contributed by atoms with Crippen LogP contribution in [0.5, 0.6) is 69.0 Å². The summed E-state index contributed by atoms with van der Waals surface area (Å²) in [6.45, 7) is 33.1. The van der Waals surface area contributed by atoms with Gasteiger partial charge in [0.05, 0.1) is 73.0 Å². The first-order valence-electron chi connectivity index (χ1n) is 48.0. The molecular weight excluding hydrogens is 1850 g/mol. The molecule has 0 saturated heterocycles. The van der Waals surface area contributed by atoms with Crippen molar-refractivity contribution in [2.24, 2.45) is 0 Å². The van der Waals surface area contributed by atoms with E-state index in [-0.39, 0.29) is 117 Å². The lowest BCUT2D eigenvalue weighted by atomic mass is 9.91. The van der Waals surface area contributed by atoms with E-state index in [2.05, 4.69) is 39.5 Å². The number of esters is 12. The fourth-order valence-electron chi connectivity index (χ4n) is 15.1. The number of ether oxygens (including phenoxy) is 18. The molecule has 0 amide bonds. The van der Waals surface area contributed by atoms with Crippen molar-refractivity contribution in [3.63, 3.8) is 0 Å². The van der Waals surface area contributed by atoms with E-state index in [1.807, 2.05) is 41.5 Å². The Balaban J connectivity index is 1.22. The Bertz CT molecular complexity index is 6140. The summed E-state index contributed by atoms with van der Waals surface area (Å²) >= 11 is 0. The number of benzene rings is 10. The van der Waals surface area contributed by atoms with Crippen LogP contribution < -0.4 is 56.8 Å². The van der Waals surface area contributed by atoms with E-state index in [0.717, 1.165) is 36.5 Å². The first-order valence-corrected chi connectivity index (χ1v) is 48.0. The second kappa shape index (κ2) is 56.9. The number of carbonyl (C=O) groups is 12. The molecule has 0 radical (unpaired) electrons. The zero-order valence-corrected chi connectivity index (χ0v) is 81.7. The molecule has 0 aliphatic rings. The number of hydrogen-bond donors (Lipinski definition) is 0. The quantitative estimate of drug-likeness (QED) is 0.00853. The molecule has 0 heterocycles. The van der Waals surface area contributed by atoms with Crippen LogP contribution in [0.25, 0.3) is 32.3 Å². The molecule has 10 aromatic carbocycles. The molecule has 144 heavy (non-hydrogen) atoms. The lowest BCUT2D eigenvalue weighted by molar-refractivity contribution is -0.144. The van der Waals surface area contributed by atoms with E-state index in [1.165, 1.54) is 158 Å². The predicted octanol–water partition coefficient (Wildman–Crippen LogP) is 22.5. The van der Waals surface area contributed by atoms with Gasteiger partial charge in [-0.1, -0.05) is 105 Å². The molecule has 0 saturated carbocycles. The molecule has 6 atom stereocenters. The Labute approximate surface area is 836 Å². The van der Waals surface area contributed by atoms with Crippen molar-refractivity contribution < 1.29 is 143 Å².